The van der Waals surface area contributed by atoms with Crippen LogP contribution < -0.4 is 4.74 Å². The van der Waals surface area contributed by atoms with Crippen molar-refractivity contribution in [3.63, 3.8) is 0 Å². The number of carbonyl (C=O) groups is 1. The first-order valence-corrected chi connectivity index (χ1v) is 8.74. The molecule has 130 valence electrons. The van der Waals surface area contributed by atoms with Crippen LogP contribution in [-0.4, -0.2) is 59.1 Å². The van der Waals surface area contributed by atoms with Crippen LogP contribution in [-0.2, 0) is 0 Å². The van der Waals surface area contributed by atoms with Gasteiger partial charge in [-0.25, -0.2) is 0 Å². The second kappa shape index (κ2) is 6.86. The molecule has 2 aliphatic rings. The van der Waals surface area contributed by atoms with E-state index >= 15 is 0 Å². The first-order chi connectivity index (χ1) is 12.2. The molecule has 5 heteroatoms. The van der Waals surface area contributed by atoms with Crippen molar-refractivity contribution in [2.45, 2.75) is 18.6 Å². The molecule has 5 nitrogen and oxygen atoms in total. The van der Waals surface area contributed by atoms with Crippen LogP contribution in [0.15, 0.2) is 54.6 Å². The molecular weight excluding hydrogens is 316 g/mol. The van der Waals surface area contributed by atoms with Gasteiger partial charge in [-0.2, -0.15) is 0 Å². The van der Waals surface area contributed by atoms with Crippen molar-refractivity contribution in [1.82, 2.24) is 9.80 Å². The van der Waals surface area contributed by atoms with E-state index in [0.717, 1.165) is 19.5 Å². The van der Waals surface area contributed by atoms with Crippen molar-refractivity contribution < 1.29 is 14.6 Å². The number of carbonyl (C=O) groups excluding carboxylic acids is 1. The van der Waals surface area contributed by atoms with E-state index in [9.17, 15) is 9.90 Å². The van der Waals surface area contributed by atoms with E-state index in [1.165, 1.54) is 0 Å². The number of benzene rings is 2. The average molecular weight is 338 g/mol. The monoisotopic (exact) mass is 338 g/mol. The first kappa shape index (κ1) is 16.1. The molecule has 2 fully saturated rings. The van der Waals surface area contributed by atoms with E-state index in [-0.39, 0.29) is 18.1 Å². The van der Waals surface area contributed by atoms with E-state index in [2.05, 4.69) is 4.90 Å². The first-order valence-electron chi connectivity index (χ1n) is 8.74. The summed E-state index contributed by atoms with van der Waals surface area (Å²) in [5.74, 6) is 1.28. The SMILES string of the molecule is O=C(c1ccccc1Oc1ccccc1)N1CCN2C[C@H](O)C[C@H]2C1. The summed E-state index contributed by atoms with van der Waals surface area (Å²) >= 11 is 0. The van der Waals surface area contributed by atoms with Gasteiger partial charge in [0, 0.05) is 32.2 Å². The zero-order chi connectivity index (χ0) is 17.2. The zero-order valence-corrected chi connectivity index (χ0v) is 14.0. The molecule has 2 aromatic carbocycles. The fourth-order valence-electron chi connectivity index (χ4n) is 3.72. The van der Waals surface area contributed by atoms with Gasteiger partial charge >= 0.3 is 0 Å². The minimum atomic E-state index is -0.270. The highest BCUT2D eigenvalue weighted by molar-refractivity contribution is 5.97. The molecule has 1 amide bonds. The quantitative estimate of drug-likeness (QED) is 0.933. The minimum absolute atomic E-state index is 0.00688. The number of aliphatic hydroxyl groups excluding tert-OH is 1. The number of fused-ring (bicyclic) bond motifs is 1. The molecule has 1 N–H and O–H groups in total. The van der Waals surface area contributed by atoms with E-state index < -0.39 is 0 Å². The summed E-state index contributed by atoms with van der Waals surface area (Å²) in [7, 11) is 0. The maximum absolute atomic E-state index is 13.0. The molecule has 0 saturated carbocycles. The Bertz CT molecular complexity index is 750. The Morgan fingerprint density at radius 1 is 1.00 bits per heavy atom. The topological polar surface area (TPSA) is 53.0 Å². The number of rotatable bonds is 3. The third-order valence-electron chi connectivity index (χ3n) is 4.97. The Morgan fingerprint density at radius 3 is 2.60 bits per heavy atom. The zero-order valence-electron chi connectivity index (χ0n) is 14.0. The fraction of sp³-hybridized carbons (Fsp3) is 0.350. The molecular formula is C20H22N2O3. The average Bonchev–Trinajstić information content (AvgIpc) is 3.01. The molecule has 2 saturated heterocycles. The number of nitrogens with zero attached hydrogens (tertiary/aromatic N) is 2. The van der Waals surface area contributed by atoms with Crippen LogP contribution in [0.5, 0.6) is 11.5 Å². The van der Waals surface area contributed by atoms with Crippen LogP contribution in [0, 0.1) is 0 Å². The summed E-state index contributed by atoms with van der Waals surface area (Å²) in [4.78, 5) is 17.2. The molecule has 0 aliphatic carbocycles. The highest BCUT2D eigenvalue weighted by Gasteiger charge is 2.37. The lowest BCUT2D eigenvalue weighted by atomic mass is 10.1. The summed E-state index contributed by atoms with van der Waals surface area (Å²) in [5.41, 5.74) is 0.582. The Kier molecular flexibility index (Phi) is 4.42. The van der Waals surface area contributed by atoms with Gasteiger partial charge in [0.25, 0.3) is 5.91 Å². The maximum Gasteiger partial charge on any atom is 0.257 e. The molecule has 0 aromatic heterocycles. The standard InChI is InChI=1S/C20H22N2O3/c23-16-12-15-13-22(11-10-21(15)14-16)20(24)18-8-4-5-9-19(18)25-17-6-2-1-3-7-17/h1-9,15-16,23H,10-14H2/t15-,16+/m0/s1. The molecule has 2 aromatic rings. The fourth-order valence-corrected chi connectivity index (χ4v) is 3.72. The summed E-state index contributed by atoms with van der Waals surface area (Å²) in [6.45, 7) is 2.88. The van der Waals surface area contributed by atoms with Gasteiger partial charge in [-0.15, -0.1) is 0 Å². The number of hydrogen-bond acceptors (Lipinski definition) is 4. The summed E-state index contributed by atoms with van der Waals surface area (Å²) < 4.78 is 5.93. The lowest BCUT2D eigenvalue weighted by Crippen LogP contribution is -2.52. The third-order valence-corrected chi connectivity index (χ3v) is 4.97. The van der Waals surface area contributed by atoms with E-state index in [4.69, 9.17) is 4.74 Å². The molecule has 2 aliphatic heterocycles. The van der Waals surface area contributed by atoms with Crippen LogP contribution in [0.4, 0.5) is 0 Å². The molecule has 0 spiro atoms. The van der Waals surface area contributed by atoms with E-state index in [1.807, 2.05) is 59.5 Å². The number of piperazine rings is 1. The van der Waals surface area contributed by atoms with Crippen molar-refractivity contribution in [1.29, 1.82) is 0 Å². The predicted molar refractivity (Wildman–Crippen MR) is 94.8 cm³/mol. The highest BCUT2D eigenvalue weighted by Crippen LogP contribution is 2.28. The molecule has 0 radical (unpaired) electrons. The molecule has 4 rings (SSSR count). The van der Waals surface area contributed by atoms with Crippen molar-refractivity contribution in [3.05, 3.63) is 60.2 Å². The Morgan fingerprint density at radius 2 is 1.76 bits per heavy atom. The van der Waals surface area contributed by atoms with Crippen molar-refractivity contribution in [3.8, 4) is 11.5 Å². The third kappa shape index (κ3) is 3.38. The Balaban J connectivity index is 1.52. The van der Waals surface area contributed by atoms with Crippen molar-refractivity contribution in [2.75, 3.05) is 26.2 Å². The molecule has 2 heterocycles. The van der Waals surface area contributed by atoms with Crippen molar-refractivity contribution in [2.24, 2.45) is 0 Å². The van der Waals surface area contributed by atoms with Crippen LogP contribution in [0.25, 0.3) is 0 Å². The van der Waals surface area contributed by atoms with Gasteiger partial charge in [-0.3, -0.25) is 9.69 Å². The normalized spacial score (nSPS) is 23.3. The largest absolute Gasteiger partial charge is 0.457 e. The lowest BCUT2D eigenvalue weighted by molar-refractivity contribution is 0.0567. The number of hydrogen-bond donors (Lipinski definition) is 1. The smallest absolute Gasteiger partial charge is 0.257 e. The van der Waals surface area contributed by atoms with Crippen molar-refractivity contribution >= 4 is 5.91 Å². The van der Waals surface area contributed by atoms with Gasteiger partial charge in [0.2, 0.25) is 0 Å². The lowest BCUT2D eigenvalue weighted by Gasteiger charge is -2.37. The Hall–Kier alpha value is -2.37. The number of ether oxygens (including phenoxy) is 1. The molecule has 2 atom stereocenters. The van der Waals surface area contributed by atoms with Gasteiger partial charge in [-0.1, -0.05) is 30.3 Å². The highest BCUT2D eigenvalue weighted by atomic mass is 16.5. The van der Waals surface area contributed by atoms with Crippen LogP contribution in [0.1, 0.15) is 16.8 Å². The van der Waals surface area contributed by atoms with Gasteiger partial charge in [0.15, 0.2) is 0 Å². The maximum atomic E-state index is 13.0. The van der Waals surface area contributed by atoms with Gasteiger partial charge < -0.3 is 14.7 Å². The van der Waals surface area contributed by atoms with Gasteiger partial charge in [0.05, 0.1) is 11.7 Å². The molecule has 0 unspecified atom stereocenters. The molecule has 0 bridgehead atoms. The summed E-state index contributed by atoms with van der Waals surface area (Å²) in [6, 6.07) is 17.1. The predicted octanol–water partition coefficient (Wildman–Crippen LogP) is 2.37. The second-order valence-corrected chi connectivity index (χ2v) is 6.70. The van der Waals surface area contributed by atoms with Crippen LogP contribution >= 0.6 is 0 Å². The van der Waals surface area contributed by atoms with Gasteiger partial charge in [0.1, 0.15) is 11.5 Å². The Labute approximate surface area is 147 Å². The van der Waals surface area contributed by atoms with E-state index in [0.29, 0.717) is 30.2 Å². The molecule has 25 heavy (non-hydrogen) atoms. The number of para-hydroxylation sites is 2. The summed E-state index contributed by atoms with van der Waals surface area (Å²) in [6.07, 6.45) is 0.472. The minimum Gasteiger partial charge on any atom is -0.457 e. The van der Waals surface area contributed by atoms with E-state index in [1.54, 1.807) is 0 Å². The van der Waals surface area contributed by atoms with Crippen LogP contribution in [0.2, 0.25) is 0 Å². The van der Waals surface area contributed by atoms with Gasteiger partial charge in [-0.05, 0) is 30.7 Å². The number of aliphatic hydroxyl groups is 1. The summed E-state index contributed by atoms with van der Waals surface area (Å²) in [5, 5.41) is 9.85. The second-order valence-electron chi connectivity index (χ2n) is 6.70. The van der Waals surface area contributed by atoms with Crippen LogP contribution in [0.3, 0.4) is 0 Å². The number of amides is 1.